The molecule has 1 fully saturated rings. The molecule has 1 saturated carbocycles. The van der Waals surface area contributed by atoms with Crippen LogP contribution in [-0.4, -0.2) is 5.11 Å². The Balaban J connectivity index is 1.93. The van der Waals surface area contributed by atoms with E-state index in [4.69, 9.17) is 9.68 Å². The zero-order chi connectivity index (χ0) is 12.8. The molecule has 0 radical (unpaired) electrons. The van der Waals surface area contributed by atoms with E-state index < -0.39 is 6.10 Å². The summed E-state index contributed by atoms with van der Waals surface area (Å²) in [6, 6.07) is 3.74. The maximum absolute atomic E-state index is 9.61. The number of nitriles is 1. The van der Waals surface area contributed by atoms with Gasteiger partial charge in [0, 0.05) is 5.56 Å². The first-order valence-electron chi connectivity index (χ1n) is 6.61. The van der Waals surface area contributed by atoms with Gasteiger partial charge in [0.25, 0.3) is 0 Å². The summed E-state index contributed by atoms with van der Waals surface area (Å²) in [7, 11) is 0. The van der Waals surface area contributed by atoms with Crippen LogP contribution in [0.3, 0.4) is 0 Å². The lowest BCUT2D eigenvalue weighted by atomic mass is 9.89. The van der Waals surface area contributed by atoms with Crippen molar-refractivity contribution < 1.29 is 9.52 Å². The molecule has 1 unspecified atom stereocenters. The molecule has 1 aromatic rings. The maximum Gasteiger partial charge on any atom is 0.133 e. The van der Waals surface area contributed by atoms with E-state index >= 15 is 0 Å². The van der Waals surface area contributed by atoms with E-state index in [-0.39, 0.29) is 6.42 Å². The van der Waals surface area contributed by atoms with Crippen LogP contribution in [0.4, 0.5) is 0 Å². The molecule has 96 valence electrons. The summed E-state index contributed by atoms with van der Waals surface area (Å²) >= 11 is 0. The van der Waals surface area contributed by atoms with Gasteiger partial charge in [-0.3, -0.25) is 0 Å². The zero-order valence-corrected chi connectivity index (χ0v) is 10.5. The van der Waals surface area contributed by atoms with E-state index in [0.717, 1.165) is 5.56 Å². The Labute approximate surface area is 108 Å². The van der Waals surface area contributed by atoms with Gasteiger partial charge >= 0.3 is 0 Å². The average Bonchev–Trinajstić information content (AvgIpc) is 2.87. The minimum atomic E-state index is -0.813. The van der Waals surface area contributed by atoms with Gasteiger partial charge in [0.1, 0.15) is 11.9 Å². The summed E-state index contributed by atoms with van der Waals surface area (Å²) in [6.07, 6.45) is 11.8. The molecule has 3 heteroatoms. The summed E-state index contributed by atoms with van der Waals surface area (Å²) < 4.78 is 5.27. The highest BCUT2D eigenvalue weighted by Crippen LogP contribution is 2.26. The second kappa shape index (κ2) is 6.42. The molecule has 18 heavy (non-hydrogen) atoms. The number of nitrogens with zero attached hydrogens (tertiary/aromatic N) is 1. The number of hydrogen-bond acceptors (Lipinski definition) is 3. The minimum absolute atomic E-state index is 0.0687. The Morgan fingerprint density at radius 1 is 1.44 bits per heavy atom. The first kappa shape index (κ1) is 12.9. The Bertz CT molecular complexity index is 436. The van der Waals surface area contributed by atoms with Crippen molar-refractivity contribution in [2.45, 2.75) is 44.6 Å². The Morgan fingerprint density at radius 2 is 2.22 bits per heavy atom. The third-order valence-corrected chi connectivity index (χ3v) is 3.46. The van der Waals surface area contributed by atoms with Crippen LogP contribution >= 0.6 is 0 Å². The summed E-state index contributed by atoms with van der Waals surface area (Å²) in [6.45, 7) is 0. The third kappa shape index (κ3) is 3.48. The molecule has 1 heterocycles. The normalized spacial score (nSPS) is 18.9. The second-order valence-electron chi connectivity index (χ2n) is 4.92. The fourth-order valence-electron chi connectivity index (χ4n) is 2.39. The van der Waals surface area contributed by atoms with E-state index in [1.165, 1.54) is 32.1 Å². The number of hydrogen-bond donors (Lipinski definition) is 1. The Hall–Kier alpha value is -1.53. The van der Waals surface area contributed by atoms with Crippen LogP contribution in [0.5, 0.6) is 0 Å². The Kier molecular flexibility index (Phi) is 4.60. The quantitative estimate of drug-likeness (QED) is 0.877. The molecular formula is C15H19NO2. The predicted octanol–water partition coefficient (Wildman–Crippen LogP) is 3.82. The van der Waals surface area contributed by atoms with E-state index in [1.807, 2.05) is 6.07 Å². The molecule has 0 bridgehead atoms. The van der Waals surface area contributed by atoms with Crippen LogP contribution in [0.25, 0.3) is 6.08 Å². The summed E-state index contributed by atoms with van der Waals surface area (Å²) in [4.78, 5) is 0. The van der Waals surface area contributed by atoms with Crippen LogP contribution in [0.2, 0.25) is 0 Å². The molecule has 1 aliphatic carbocycles. The largest absolute Gasteiger partial charge is 0.466 e. The molecule has 0 saturated heterocycles. The fourth-order valence-corrected chi connectivity index (χ4v) is 2.39. The lowest BCUT2D eigenvalue weighted by Gasteiger charge is -2.17. The highest BCUT2D eigenvalue weighted by atomic mass is 16.4. The van der Waals surface area contributed by atoms with Gasteiger partial charge in [-0.2, -0.15) is 5.26 Å². The smallest absolute Gasteiger partial charge is 0.133 e. The lowest BCUT2D eigenvalue weighted by Crippen LogP contribution is -2.02. The number of aliphatic hydroxyl groups excluding tert-OH is 1. The van der Waals surface area contributed by atoms with Gasteiger partial charge in [0.15, 0.2) is 0 Å². The van der Waals surface area contributed by atoms with Crippen molar-refractivity contribution in [3.63, 3.8) is 0 Å². The van der Waals surface area contributed by atoms with Crippen LogP contribution in [0, 0.1) is 17.2 Å². The predicted molar refractivity (Wildman–Crippen MR) is 69.5 cm³/mol. The van der Waals surface area contributed by atoms with Crippen molar-refractivity contribution in [3.8, 4) is 6.07 Å². The SMILES string of the molecule is N#CCC(O)c1cc(/C=C/C2CCCCC2)co1. The monoisotopic (exact) mass is 245 g/mol. The highest BCUT2D eigenvalue weighted by Gasteiger charge is 2.12. The van der Waals surface area contributed by atoms with Crippen LogP contribution in [-0.2, 0) is 0 Å². The zero-order valence-electron chi connectivity index (χ0n) is 10.5. The standard InChI is InChI=1S/C15H19NO2/c16-9-8-14(17)15-10-13(11-18-15)7-6-12-4-2-1-3-5-12/h6-7,10-12,14,17H,1-5,8H2/b7-6+. The van der Waals surface area contributed by atoms with Crippen LogP contribution in [0.1, 0.15) is 56.0 Å². The molecule has 0 spiro atoms. The van der Waals surface area contributed by atoms with Gasteiger partial charge in [-0.05, 0) is 24.8 Å². The van der Waals surface area contributed by atoms with E-state index in [2.05, 4.69) is 12.2 Å². The van der Waals surface area contributed by atoms with E-state index in [9.17, 15) is 5.11 Å². The summed E-state index contributed by atoms with van der Waals surface area (Å²) in [5.74, 6) is 1.15. The van der Waals surface area contributed by atoms with Gasteiger partial charge in [-0.15, -0.1) is 0 Å². The van der Waals surface area contributed by atoms with Gasteiger partial charge in [-0.25, -0.2) is 0 Å². The van der Waals surface area contributed by atoms with Gasteiger partial charge in [0.2, 0.25) is 0 Å². The topological polar surface area (TPSA) is 57.2 Å². The molecule has 0 aromatic carbocycles. The van der Waals surface area contributed by atoms with Crippen molar-refractivity contribution in [2.24, 2.45) is 5.92 Å². The summed E-state index contributed by atoms with van der Waals surface area (Å²) in [5.41, 5.74) is 0.965. The number of allylic oxidation sites excluding steroid dienone is 1. The van der Waals surface area contributed by atoms with Crippen molar-refractivity contribution in [1.82, 2.24) is 0 Å². The number of aliphatic hydroxyl groups is 1. The van der Waals surface area contributed by atoms with E-state index in [0.29, 0.717) is 11.7 Å². The second-order valence-corrected chi connectivity index (χ2v) is 4.92. The molecule has 1 aromatic heterocycles. The molecule has 1 aliphatic rings. The van der Waals surface area contributed by atoms with Gasteiger partial charge in [-0.1, -0.05) is 31.4 Å². The van der Waals surface area contributed by atoms with Gasteiger partial charge < -0.3 is 9.52 Å². The maximum atomic E-state index is 9.61. The van der Waals surface area contributed by atoms with Crippen LogP contribution < -0.4 is 0 Å². The third-order valence-electron chi connectivity index (χ3n) is 3.46. The molecular weight excluding hydrogens is 226 g/mol. The highest BCUT2D eigenvalue weighted by molar-refractivity contribution is 5.48. The number of rotatable bonds is 4. The first-order valence-corrected chi connectivity index (χ1v) is 6.61. The molecule has 2 rings (SSSR count). The Morgan fingerprint density at radius 3 is 2.94 bits per heavy atom. The van der Waals surface area contributed by atoms with Crippen molar-refractivity contribution >= 4 is 6.08 Å². The molecule has 0 aliphatic heterocycles. The molecule has 0 amide bonds. The molecule has 3 nitrogen and oxygen atoms in total. The van der Waals surface area contributed by atoms with Crippen molar-refractivity contribution in [3.05, 3.63) is 29.7 Å². The van der Waals surface area contributed by atoms with Crippen molar-refractivity contribution in [2.75, 3.05) is 0 Å². The van der Waals surface area contributed by atoms with Gasteiger partial charge in [0.05, 0.1) is 18.8 Å². The van der Waals surface area contributed by atoms with E-state index in [1.54, 1.807) is 12.3 Å². The molecule has 1 N–H and O–H groups in total. The fraction of sp³-hybridized carbons (Fsp3) is 0.533. The number of furan rings is 1. The van der Waals surface area contributed by atoms with Crippen molar-refractivity contribution in [1.29, 1.82) is 5.26 Å². The molecule has 1 atom stereocenters. The average molecular weight is 245 g/mol. The minimum Gasteiger partial charge on any atom is -0.466 e. The first-order chi connectivity index (χ1) is 8.79. The summed E-state index contributed by atoms with van der Waals surface area (Å²) in [5, 5.41) is 18.1. The van der Waals surface area contributed by atoms with Crippen LogP contribution in [0.15, 0.2) is 22.8 Å². The lowest BCUT2D eigenvalue weighted by molar-refractivity contribution is 0.155.